The highest BCUT2D eigenvalue weighted by Gasteiger charge is 2.03. The maximum absolute atomic E-state index is 5.71. The Morgan fingerprint density at radius 1 is 0.871 bits per heavy atom. The fourth-order valence-electron chi connectivity index (χ4n) is 3.58. The predicted octanol–water partition coefficient (Wildman–Crippen LogP) is 8.55. The topological polar surface area (TPSA) is 35.0 Å². The second-order valence-electron chi connectivity index (χ2n) is 8.74. The summed E-state index contributed by atoms with van der Waals surface area (Å²) in [5.41, 5.74) is 2.25. The monoisotopic (exact) mass is 422 g/mol. The summed E-state index contributed by atoms with van der Waals surface area (Å²) in [5, 5.41) is 0. The van der Waals surface area contributed by atoms with Gasteiger partial charge in [0.2, 0.25) is 0 Å². The highest BCUT2D eigenvalue weighted by atomic mass is 16.5. The van der Waals surface area contributed by atoms with Gasteiger partial charge >= 0.3 is 0 Å². The number of rotatable bonds is 16. The Kier molecular flexibility index (Phi) is 12.6. The number of ether oxygens (including phenoxy) is 1. The number of aromatic nitrogens is 2. The van der Waals surface area contributed by atoms with Gasteiger partial charge in [0.25, 0.3) is 0 Å². The molecular weight excluding hydrogens is 380 g/mol. The molecule has 170 valence electrons. The largest absolute Gasteiger partial charge is 0.465 e. The Morgan fingerprint density at radius 3 is 2.29 bits per heavy atom. The highest BCUT2D eigenvalue weighted by molar-refractivity contribution is 5.55. The van der Waals surface area contributed by atoms with Gasteiger partial charge in [-0.25, -0.2) is 9.97 Å². The molecule has 0 aliphatic carbocycles. The molecule has 0 amide bonds. The summed E-state index contributed by atoms with van der Waals surface area (Å²) in [7, 11) is 0. The Hall–Kier alpha value is -2.16. The van der Waals surface area contributed by atoms with Gasteiger partial charge in [0.1, 0.15) is 5.75 Å². The normalized spacial score (nSPS) is 12.4. The van der Waals surface area contributed by atoms with E-state index in [4.69, 9.17) is 4.74 Å². The lowest BCUT2D eigenvalue weighted by Crippen LogP contribution is -1.95. The zero-order chi connectivity index (χ0) is 22.2. The van der Waals surface area contributed by atoms with Crippen LogP contribution in [0.25, 0.3) is 11.4 Å². The van der Waals surface area contributed by atoms with Crippen molar-refractivity contribution < 1.29 is 4.74 Å². The number of hydrogen-bond acceptors (Lipinski definition) is 3. The average molecular weight is 423 g/mol. The van der Waals surface area contributed by atoms with Gasteiger partial charge in [-0.3, -0.25) is 0 Å². The number of benzene rings is 1. The molecule has 0 N–H and O–H groups in total. The van der Waals surface area contributed by atoms with Crippen LogP contribution < -0.4 is 4.74 Å². The summed E-state index contributed by atoms with van der Waals surface area (Å²) < 4.78 is 5.71. The lowest BCUT2D eigenvalue weighted by Gasteiger charge is -2.07. The Labute approximate surface area is 190 Å². The number of allylic oxidation sites excluding steroid dienone is 1. The van der Waals surface area contributed by atoms with Crippen LogP contribution >= 0.6 is 0 Å². The van der Waals surface area contributed by atoms with E-state index in [9.17, 15) is 0 Å². The van der Waals surface area contributed by atoms with Crippen LogP contribution in [-0.2, 0) is 6.42 Å². The van der Waals surface area contributed by atoms with Crippen molar-refractivity contribution >= 4 is 0 Å². The number of nitrogens with zero attached hydrogens (tertiary/aromatic N) is 2. The minimum atomic E-state index is 0.773. The van der Waals surface area contributed by atoms with E-state index in [0.717, 1.165) is 35.9 Å². The Balaban J connectivity index is 1.69. The number of unbranched alkanes of at least 4 members (excludes halogenated alkanes) is 7. The van der Waals surface area contributed by atoms with Gasteiger partial charge < -0.3 is 4.74 Å². The van der Waals surface area contributed by atoms with Crippen molar-refractivity contribution in [1.82, 2.24) is 9.97 Å². The van der Waals surface area contributed by atoms with Crippen molar-refractivity contribution in [1.29, 1.82) is 0 Å². The third kappa shape index (κ3) is 10.6. The first-order chi connectivity index (χ1) is 15.2. The molecule has 1 heterocycles. The molecule has 1 aromatic carbocycles. The van der Waals surface area contributed by atoms with Gasteiger partial charge in [0.15, 0.2) is 5.82 Å². The molecule has 0 saturated carbocycles. The van der Waals surface area contributed by atoms with Crippen LogP contribution in [0.2, 0.25) is 0 Å². The Bertz CT molecular complexity index is 722. The molecule has 2 rings (SSSR count). The zero-order valence-electron chi connectivity index (χ0n) is 20.0. The Morgan fingerprint density at radius 2 is 1.58 bits per heavy atom. The summed E-state index contributed by atoms with van der Waals surface area (Å²) in [6.07, 6.45) is 23.0. The molecule has 0 radical (unpaired) electrons. The first-order valence-corrected chi connectivity index (χ1v) is 12.5. The molecule has 2 aromatic rings. The van der Waals surface area contributed by atoms with E-state index in [2.05, 4.69) is 36.8 Å². The van der Waals surface area contributed by atoms with Gasteiger partial charge in [-0.15, -0.1) is 0 Å². The molecule has 1 atom stereocenters. The van der Waals surface area contributed by atoms with Gasteiger partial charge in [-0.1, -0.05) is 72.1 Å². The first-order valence-electron chi connectivity index (χ1n) is 12.5. The third-order valence-electron chi connectivity index (χ3n) is 5.95. The molecule has 0 spiro atoms. The molecule has 0 aliphatic heterocycles. The average Bonchev–Trinajstić information content (AvgIpc) is 2.81. The molecule has 0 aliphatic rings. The molecule has 3 nitrogen and oxygen atoms in total. The highest BCUT2D eigenvalue weighted by Crippen LogP contribution is 2.20. The van der Waals surface area contributed by atoms with Crippen LogP contribution in [-0.4, -0.2) is 9.97 Å². The van der Waals surface area contributed by atoms with Gasteiger partial charge in [-0.2, -0.15) is 0 Å². The van der Waals surface area contributed by atoms with Gasteiger partial charge in [0.05, 0.1) is 6.26 Å². The van der Waals surface area contributed by atoms with Crippen molar-refractivity contribution in [2.24, 2.45) is 5.92 Å². The SMILES string of the molecule is CCCCCCCC=COc1ccc(-c2ncc(CCCCCC(C)CC)cn2)cc1. The van der Waals surface area contributed by atoms with Crippen molar-refractivity contribution in [2.45, 2.75) is 97.8 Å². The van der Waals surface area contributed by atoms with Crippen molar-refractivity contribution in [2.75, 3.05) is 0 Å². The van der Waals surface area contributed by atoms with Crippen LogP contribution in [0.5, 0.6) is 5.75 Å². The second-order valence-corrected chi connectivity index (χ2v) is 8.74. The molecule has 31 heavy (non-hydrogen) atoms. The molecule has 1 aromatic heterocycles. The summed E-state index contributed by atoms with van der Waals surface area (Å²) in [6, 6.07) is 8.01. The van der Waals surface area contributed by atoms with Crippen LogP contribution in [0.15, 0.2) is 49.0 Å². The van der Waals surface area contributed by atoms with Crippen LogP contribution in [0.3, 0.4) is 0 Å². The third-order valence-corrected chi connectivity index (χ3v) is 5.95. The van der Waals surface area contributed by atoms with E-state index in [0.29, 0.717) is 0 Å². The summed E-state index contributed by atoms with van der Waals surface area (Å²) in [4.78, 5) is 9.14. The van der Waals surface area contributed by atoms with Crippen molar-refractivity contribution in [3.8, 4) is 17.1 Å². The maximum atomic E-state index is 5.71. The molecular formula is C28H42N2O. The lowest BCUT2D eigenvalue weighted by atomic mass is 10.00. The molecule has 0 bridgehead atoms. The van der Waals surface area contributed by atoms with E-state index in [1.165, 1.54) is 69.8 Å². The van der Waals surface area contributed by atoms with Crippen LogP contribution in [0.4, 0.5) is 0 Å². The van der Waals surface area contributed by atoms with Gasteiger partial charge in [-0.05, 0) is 67.5 Å². The van der Waals surface area contributed by atoms with E-state index in [1.54, 1.807) is 0 Å². The lowest BCUT2D eigenvalue weighted by molar-refractivity contribution is 0.477. The van der Waals surface area contributed by atoms with E-state index < -0.39 is 0 Å². The number of aryl methyl sites for hydroxylation is 1. The summed E-state index contributed by atoms with van der Waals surface area (Å²) >= 11 is 0. The summed E-state index contributed by atoms with van der Waals surface area (Å²) in [5.74, 6) is 2.48. The minimum Gasteiger partial charge on any atom is -0.465 e. The quantitative estimate of drug-likeness (QED) is 0.201. The predicted molar refractivity (Wildman–Crippen MR) is 132 cm³/mol. The van der Waals surface area contributed by atoms with E-state index >= 15 is 0 Å². The van der Waals surface area contributed by atoms with Crippen molar-refractivity contribution in [3.05, 3.63) is 54.6 Å². The standard InChI is InChI=1S/C28H42N2O/c1-4-6-7-8-9-10-14-21-31-27-19-17-26(18-20-27)28-29-22-25(23-30-28)16-13-11-12-15-24(3)5-2/h14,17-24H,4-13,15-16H2,1-3H3. The van der Waals surface area contributed by atoms with E-state index in [1.807, 2.05) is 42.9 Å². The van der Waals surface area contributed by atoms with Crippen LogP contribution in [0.1, 0.15) is 97.0 Å². The maximum Gasteiger partial charge on any atom is 0.159 e. The fourth-order valence-corrected chi connectivity index (χ4v) is 3.58. The summed E-state index contributed by atoms with van der Waals surface area (Å²) in [6.45, 7) is 6.87. The molecule has 1 unspecified atom stereocenters. The molecule has 0 saturated heterocycles. The fraction of sp³-hybridized carbons (Fsp3) is 0.571. The first kappa shape index (κ1) is 25.1. The minimum absolute atomic E-state index is 0.773. The van der Waals surface area contributed by atoms with E-state index in [-0.39, 0.29) is 0 Å². The number of hydrogen-bond donors (Lipinski definition) is 0. The van der Waals surface area contributed by atoms with Crippen LogP contribution in [0, 0.1) is 5.92 Å². The van der Waals surface area contributed by atoms with Gasteiger partial charge in [0, 0.05) is 18.0 Å². The second kappa shape index (κ2) is 15.6. The molecule has 3 heteroatoms. The molecule has 0 fully saturated rings. The zero-order valence-corrected chi connectivity index (χ0v) is 20.0. The smallest absolute Gasteiger partial charge is 0.159 e. The van der Waals surface area contributed by atoms with Crippen molar-refractivity contribution in [3.63, 3.8) is 0 Å².